The van der Waals surface area contributed by atoms with Gasteiger partial charge in [0, 0.05) is 30.2 Å². The monoisotopic (exact) mass is 244 g/mol. The van der Waals surface area contributed by atoms with Gasteiger partial charge in [0.2, 0.25) is 0 Å². The van der Waals surface area contributed by atoms with E-state index in [2.05, 4.69) is 36.0 Å². The van der Waals surface area contributed by atoms with Crippen LogP contribution >= 0.6 is 0 Å². The number of rotatable bonds is 2. The molecule has 0 radical (unpaired) electrons. The van der Waals surface area contributed by atoms with Gasteiger partial charge >= 0.3 is 0 Å². The summed E-state index contributed by atoms with van der Waals surface area (Å²) in [5.41, 5.74) is 4.08. The number of aryl methyl sites for hydroxylation is 2. The van der Waals surface area contributed by atoms with E-state index in [-0.39, 0.29) is 0 Å². The Kier molecular flexibility index (Phi) is 2.78. The fourth-order valence-electron chi connectivity index (χ4n) is 3.17. The van der Waals surface area contributed by atoms with Crippen LogP contribution in [0, 0.1) is 6.92 Å². The van der Waals surface area contributed by atoms with Crippen LogP contribution in [0.3, 0.4) is 0 Å². The molecule has 0 spiro atoms. The average molecular weight is 244 g/mol. The molecular formula is C15H20N2O. The SMILES string of the molecule is COc1ccc2c(C)c(C3CCCN3)n(C)c2c1. The van der Waals surface area contributed by atoms with Gasteiger partial charge in [-0.25, -0.2) is 0 Å². The predicted octanol–water partition coefficient (Wildman–Crippen LogP) is 2.92. The Balaban J connectivity index is 2.20. The summed E-state index contributed by atoms with van der Waals surface area (Å²) in [5, 5.41) is 4.93. The highest BCUT2D eigenvalue weighted by molar-refractivity contribution is 5.86. The Bertz CT molecular complexity index is 580. The van der Waals surface area contributed by atoms with E-state index in [0.717, 1.165) is 12.3 Å². The van der Waals surface area contributed by atoms with Crippen LogP contribution in [-0.2, 0) is 7.05 Å². The number of ether oxygens (including phenoxy) is 1. The molecule has 0 bridgehead atoms. The van der Waals surface area contributed by atoms with Gasteiger partial charge < -0.3 is 14.6 Å². The van der Waals surface area contributed by atoms with E-state index in [0.29, 0.717) is 6.04 Å². The number of benzene rings is 1. The van der Waals surface area contributed by atoms with E-state index in [1.165, 1.54) is 35.0 Å². The zero-order valence-electron chi connectivity index (χ0n) is 11.3. The molecule has 3 rings (SSSR count). The number of methoxy groups -OCH3 is 1. The van der Waals surface area contributed by atoms with Crippen LogP contribution in [0.1, 0.15) is 30.1 Å². The third-order valence-electron chi connectivity index (χ3n) is 4.11. The Morgan fingerprint density at radius 2 is 2.22 bits per heavy atom. The first kappa shape index (κ1) is 11.6. The Morgan fingerprint density at radius 3 is 2.89 bits per heavy atom. The maximum atomic E-state index is 5.32. The van der Waals surface area contributed by atoms with Crippen LogP contribution in [0.2, 0.25) is 0 Å². The molecule has 3 heteroatoms. The first-order valence-corrected chi connectivity index (χ1v) is 6.58. The summed E-state index contributed by atoms with van der Waals surface area (Å²) in [6.45, 7) is 3.36. The number of aromatic nitrogens is 1. The van der Waals surface area contributed by atoms with Crippen LogP contribution in [0.4, 0.5) is 0 Å². The first-order chi connectivity index (χ1) is 8.72. The molecule has 1 fully saturated rings. The van der Waals surface area contributed by atoms with Gasteiger partial charge in [-0.3, -0.25) is 0 Å². The number of hydrogen-bond acceptors (Lipinski definition) is 2. The Hall–Kier alpha value is -1.48. The fraction of sp³-hybridized carbons (Fsp3) is 0.467. The highest BCUT2D eigenvalue weighted by Crippen LogP contribution is 2.34. The van der Waals surface area contributed by atoms with Gasteiger partial charge in [0.15, 0.2) is 0 Å². The van der Waals surface area contributed by atoms with Crippen molar-refractivity contribution >= 4 is 10.9 Å². The molecule has 18 heavy (non-hydrogen) atoms. The van der Waals surface area contributed by atoms with Gasteiger partial charge in [-0.05, 0) is 44.0 Å². The molecule has 1 saturated heterocycles. The molecule has 1 atom stereocenters. The molecule has 0 saturated carbocycles. The van der Waals surface area contributed by atoms with Crippen LogP contribution in [0.5, 0.6) is 5.75 Å². The standard InChI is InChI=1S/C15H20N2O/c1-10-12-7-6-11(18-3)9-14(12)17(2)15(10)13-5-4-8-16-13/h6-7,9,13,16H,4-5,8H2,1-3H3. The lowest BCUT2D eigenvalue weighted by atomic mass is 10.1. The molecule has 0 amide bonds. The van der Waals surface area contributed by atoms with Crippen molar-refractivity contribution in [2.24, 2.45) is 7.05 Å². The lowest BCUT2D eigenvalue weighted by Gasteiger charge is -2.13. The van der Waals surface area contributed by atoms with Crippen molar-refractivity contribution in [1.82, 2.24) is 9.88 Å². The van der Waals surface area contributed by atoms with Crippen molar-refractivity contribution in [1.29, 1.82) is 0 Å². The molecule has 1 aliphatic heterocycles. The van der Waals surface area contributed by atoms with Crippen molar-refractivity contribution in [3.63, 3.8) is 0 Å². The molecule has 0 aliphatic carbocycles. The minimum absolute atomic E-state index is 0.508. The largest absolute Gasteiger partial charge is 0.497 e. The van der Waals surface area contributed by atoms with Gasteiger partial charge in [-0.2, -0.15) is 0 Å². The molecule has 96 valence electrons. The lowest BCUT2D eigenvalue weighted by Crippen LogP contribution is -2.16. The molecule has 1 N–H and O–H groups in total. The number of fused-ring (bicyclic) bond motifs is 1. The minimum atomic E-state index is 0.508. The fourth-order valence-corrected chi connectivity index (χ4v) is 3.17. The maximum absolute atomic E-state index is 5.32. The van der Waals surface area contributed by atoms with Crippen molar-refractivity contribution in [3.05, 3.63) is 29.5 Å². The highest BCUT2D eigenvalue weighted by atomic mass is 16.5. The number of hydrogen-bond donors (Lipinski definition) is 1. The van der Waals surface area contributed by atoms with Crippen molar-refractivity contribution in [2.45, 2.75) is 25.8 Å². The number of nitrogens with one attached hydrogen (secondary N) is 1. The third kappa shape index (κ3) is 1.62. The van der Waals surface area contributed by atoms with E-state index in [1.54, 1.807) is 7.11 Å². The first-order valence-electron chi connectivity index (χ1n) is 6.58. The summed E-state index contributed by atoms with van der Waals surface area (Å²) in [6.07, 6.45) is 2.51. The third-order valence-corrected chi connectivity index (χ3v) is 4.11. The van der Waals surface area contributed by atoms with Crippen molar-refractivity contribution in [2.75, 3.05) is 13.7 Å². The van der Waals surface area contributed by atoms with E-state index in [9.17, 15) is 0 Å². The average Bonchev–Trinajstić information content (AvgIpc) is 2.98. The molecular weight excluding hydrogens is 224 g/mol. The van der Waals surface area contributed by atoms with Crippen LogP contribution in [0.15, 0.2) is 18.2 Å². The van der Waals surface area contributed by atoms with Crippen LogP contribution in [-0.4, -0.2) is 18.2 Å². The van der Waals surface area contributed by atoms with Gasteiger partial charge in [0.25, 0.3) is 0 Å². The minimum Gasteiger partial charge on any atom is -0.497 e. The van der Waals surface area contributed by atoms with Crippen molar-refractivity contribution in [3.8, 4) is 5.75 Å². The summed E-state index contributed by atoms with van der Waals surface area (Å²) in [4.78, 5) is 0. The smallest absolute Gasteiger partial charge is 0.120 e. The molecule has 1 aromatic carbocycles. The molecule has 2 heterocycles. The van der Waals surface area contributed by atoms with Gasteiger partial charge in [0.05, 0.1) is 12.6 Å². The second-order valence-corrected chi connectivity index (χ2v) is 5.10. The highest BCUT2D eigenvalue weighted by Gasteiger charge is 2.23. The molecule has 3 nitrogen and oxygen atoms in total. The lowest BCUT2D eigenvalue weighted by molar-refractivity contribution is 0.415. The predicted molar refractivity (Wildman–Crippen MR) is 74.2 cm³/mol. The van der Waals surface area contributed by atoms with Crippen molar-refractivity contribution < 1.29 is 4.74 Å². The van der Waals surface area contributed by atoms with Gasteiger partial charge in [-0.15, -0.1) is 0 Å². The number of nitrogens with zero attached hydrogens (tertiary/aromatic N) is 1. The summed E-state index contributed by atoms with van der Waals surface area (Å²) in [6, 6.07) is 6.85. The molecule has 1 aromatic heterocycles. The van der Waals surface area contributed by atoms with Crippen LogP contribution in [0.25, 0.3) is 10.9 Å². The zero-order valence-corrected chi connectivity index (χ0v) is 11.3. The summed E-state index contributed by atoms with van der Waals surface area (Å²) < 4.78 is 7.64. The normalized spacial score (nSPS) is 19.6. The summed E-state index contributed by atoms with van der Waals surface area (Å²) >= 11 is 0. The maximum Gasteiger partial charge on any atom is 0.120 e. The van der Waals surface area contributed by atoms with Gasteiger partial charge in [0.1, 0.15) is 5.75 Å². The summed E-state index contributed by atoms with van der Waals surface area (Å²) in [7, 11) is 3.88. The van der Waals surface area contributed by atoms with Gasteiger partial charge in [-0.1, -0.05) is 0 Å². The summed E-state index contributed by atoms with van der Waals surface area (Å²) in [5.74, 6) is 0.925. The van der Waals surface area contributed by atoms with E-state index in [4.69, 9.17) is 4.74 Å². The van der Waals surface area contributed by atoms with Crippen LogP contribution < -0.4 is 10.1 Å². The molecule has 2 aromatic rings. The topological polar surface area (TPSA) is 26.2 Å². The van der Waals surface area contributed by atoms with E-state index >= 15 is 0 Å². The van der Waals surface area contributed by atoms with E-state index < -0.39 is 0 Å². The molecule has 1 unspecified atom stereocenters. The second kappa shape index (κ2) is 4.32. The zero-order chi connectivity index (χ0) is 12.7. The second-order valence-electron chi connectivity index (χ2n) is 5.10. The quantitative estimate of drug-likeness (QED) is 0.879. The molecule has 1 aliphatic rings. The Labute approximate surface area is 108 Å². The Morgan fingerprint density at radius 1 is 1.39 bits per heavy atom. The van der Waals surface area contributed by atoms with E-state index in [1.807, 2.05) is 6.07 Å².